The molecule has 174 valence electrons. The van der Waals surface area contributed by atoms with E-state index >= 15 is 0 Å². The van der Waals surface area contributed by atoms with Crippen LogP contribution in [0.2, 0.25) is 0 Å². The van der Waals surface area contributed by atoms with E-state index in [9.17, 15) is 13.2 Å². The van der Waals surface area contributed by atoms with Crippen molar-refractivity contribution >= 4 is 21.6 Å². The van der Waals surface area contributed by atoms with Gasteiger partial charge in [-0.3, -0.25) is 14.4 Å². The minimum Gasteiger partial charge on any atom is -0.494 e. The van der Waals surface area contributed by atoms with Crippen LogP contribution in [0.3, 0.4) is 0 Å². The van der Waals surface area contributed by atoms with Crippen molar-refractivity contribution in [2.75, 3.05) is 57.3 Å². The minimum atomic E-state index is -3.75. The number of anilines is 1. The first kappa shape index (κ1) is 23.8. The van der Waals surface area contributed by atoms with E-state index in [-0.39, 0.29) is 17.4 Å². The molecule has 1 saturated heterocycles. The molecule has 1 aliphatic rings. The van der Waals surface area contributed by atoms with Crippen LogP contribution in [0.15, 0.2) is 53.4 Å². The summed E-state index contributed by atoms with van der Waals surface area (Å²) in [5.41, 5.74) is 0.433. The van der Waals surface area contributed by atoms with E-state index in [1.807, 2.05) is 6.92 Å². The molecule has 1 amide bonds. The van der Waals surface area contributed by atoms with Gasteiger partial charge in [0.2, 0.25) is 0 Å². The van der Waals surface area contributed by atoms with E-state index in [2.05, 4.69) is 14.9 Å². The van der Waals surface area contributed by atoms with Gasteiger partial charge in [-0.1, -0.05) is 0 Å². The second-order valence-corrected chi connectivity index (χ2v) is 8.81. The first-order valence-electron chi connectivity index (χ1n) is 10.5. The molecule has 2 aromatic rings. The third-order valence-electron chi connectivity index (χ3n) is 4.78. The summed E-state index contributed by atoms with van der Waals surface area (Å²) in [4.78, 5) is 14.3. The average molecular weight is 464 g/mol. The van der Waals surface area contributed by atoms with Gasteiger partial charge in [-0.25, -0.2) is 8.42 Å². The highest BCUT2D eigenvalue weighted by Crippen LogP contribution is 2.21. The molecule has 10 heteroatoms. The molecule has 0 atom stereocenters. The first-order chi connectivity index (χ1) is 15.5. The Bertz CT molecular complexity index is 958. The Hall–Kier alpha value is -2.82. The lowest BCUT2D eigenvalue weighted by Crippen LogP contribution is -2.42. The van der Waals surface area contributed by atoms with Crippen molar-refractivity contribution in [1.82, 2.24) is 10.2 Å². The highest BCUT2D eigenvalue weighted by Gasteiger charge is 2.15. The first-order valence-corrected chi connectivity index (χ1v) is 12.0. The van der Waals surface area contributed by atoms with Gasteiger partial charge in [0, 0.05) is 31.9 Å². The van der Waals surface area contributed by atoms with Crippen molar-refractivity contribution in [3.63, 3.8) is 0 Å². The Morgan fingerprint density at radius 2 is 1.62 bits per heavy atom. The number of hydrogen-bond acceptors (Lipinski definition) is 7. The van der Waals surface area contributed by atoms with Gasteiger partial charge in [-0.05, 0) is 55.5 Å². The molecule has 3 rings (SSSR count). The van der Waals surface area contributed by atoms with Crippen molar-refractivity contribution in [2.24, 2.45) is 0 Å². The average Bonchev–Trinajstić information content (AvgIpc) is 2.80. The molecule has 32 heavy (non-hydrogen) atoms. The van der Waals surface area contributed by atoms with E-state index in [4.69, 9.17) is 14.2 Å². The summed E-state index contributed by atoms with van der Waals surface area (Å²) < 4.78 is 43.8. The van der Waals surface area contributed by atoms with Gasteiger partial charge in [-0.15, -0.1) is 0 Å². The Morgan fingerprint density at radius 3 is 2.28 bits per heavy atom. The second kappa shape index (κ2) is 11.7. The fourth-order valence-corrected chi connectivity index (χ4v) is 4.15. The van der Waals surface area contributed by atoms with Crippen LogP contribution in [0, 0.1) is 0 Å². The predicted octanol–water partition coefficient (Wildman–Crippen LogP) is 1.71. The zero-order chi connectivity index (χ0) is 22.8. The predicted molar refractivity (Wildman–Crippen MR) is 121 cm³/mol. The lowest BCUT2D eigenvalue weighted by atomic mass is 10.3. The summed E-state index contributed by atoms with van der Waals surface area (Å²) >= 11 is 0. The fraction of sp³-hybridized carbons (Fsp3) is 0.409. The Balaban J connectivity index is 1.44. The number of nitrogens with zero attached hydrogens (tertiary/aromatic N) is 1. The molecule has 0 unspecified atom stereocenters. The van der Waals surface area contributed by atoms with Crippen LogP contribution in [-0.2, 0) is 19.6 Å². The highest BCUT2D eigenvalue weighted by molar-refractivity contribution is 7.92. The van der Waals surface area contributed by atoms with Gasteiger partial charge in [0.1, 0.15) is 11.5 Å². The topological polar surface area (TPSA) is 106 Å². The van der Waals surface area contributed by atoms with Crippen LogP contribution in [0.25, 0.3) is 0 Å². The molecule has 9 nitrogen and oxygen atoms in total. The van der Waals surface area contributed by atoms with Gasteiger partial charge >= 0.3 is 0 Å². The number of nitrogens with one attached hydrogen (secondary N) is 2. The number of carbonyl (C=O) groups excluding carboxylic acids is 1. The standard InChI is InChI=1S/C22H29N3O6S/c1-2-30-19-5-3-18(4-6-19)24-32(27,28)21-9-7-20(8-10-21)31-17-22(26)23-11-12-25-13-15-29-16-14-25/h3-10,24H,2,11-17H2,1H3,(H,23,26). The van der Waals surface area contributed by atoms with Gasteiger partial charge in [0.15, 0.2) is 6.61 Å². The van der Waals surface area contributed by atoms with Crippen molar-refractivity contribution in [3.8, 4) is 11.5 Å². The molecule has 1 aliphatic heterocycles. The lowest BCUT2D eigenvalue weighted by Gasteiger charge is -2.26. The maximum atomic E-state index is 12.6. The normalized spacial score (nSPS) is 14.5. The van der Waals surface area contributed by atoms with Crippen LogP contribution in [0.5, 0.6) is 11.5 Å². The Labute approximate surface area is 188 Å². The second-order valence-electron chi connectivity index (χ2n) is 7.13. The van der Waals surface area contributed by atoms with E-state index in [1.165, 1.54) is 24.3 Å². The molecular formula is C22H29N3O6S. The van der Waals surface area contributed by atoms with E-state index < -0.39 is 10.0 Å². The van der Waals surface area contributed by atoms with Gasteiger partial charge in [-0.2, -0.15) is 0 Å². The van der Waals surface area contributed by atoms with Crippen molar-refractivity contribution in [2.45, 2.75) is 11.8 Å². The third-order valence-corrected chi connectivity index (χ3v) is 6.17. The number of rotatable bonds is 11. The quantitative estimate of drug-likeness (QED) is 0.523. The number of amides is 1. The number of sulfonamides is 1. The minimum absolute atomic E-state index is 0.0914. The monoisotopic (exact) mass is 463 g/mol. The zero-order valence-corrected chi connectivity index (χ0v) is 18.9. The summed E-state index contributed by atoms with van der Waals surface area (Å²) in [6, 6.07) is 12.6. The van der Waals surface area contributed by atoms with Crippen LogP contribution in [0.4, 0.5) is 5.69 Å². The zero-order valence-electron chi connectivity index (χ0n) is 18.1. The molecule has 0 radical (unpaired) electrons. The molecule has 0 aliphatic carbocycles. The number of hydrogen-bond donors (Lipinski definition) is 2. The molecular weight excluding hydrogens is 434 g/mol. The Kier molecular flexibility index (Phi) is 8.72. The molecule has 1 fully saturated rings. The summed E-state index contributed by atoms with van der Waals surface area (Å²) in [5, 5.41) is 2.81. The number of benzene rings is 2. The van der Waals surface area contributed by atoms with E-state index in [0.29, 0.717) is 30.3 Å². The lowest BCUT2D eigenvalue weighted by molar-refractivity contribution is -0.123. The van der Waals surface area contributed by atoms with Crippen molar-refractivity contribution < 1.29 is 27.4 Å². The van der Waals surface area contributed by atoms with Crippen LogP contribution in [-0.4, -0.2) is 71.8 Å². The Morgan fingerprint density at radius 1 is 1.00 bits per heavy atom. The SMILES string of the molecule is CCOc1ccc(NS(=O)(=O)c2ccc(OCC(=O)NCCN3CCOCC3)cc2)cc1. The number of ether oxygens (including phenoxy) is 3. The van der Waals surface area contributed by atoms with E-state index in [1.54, 1.807) is 24.3 Å². The van der Waals surface area contributed by atoms with Crippen LogP contribution < -0.4 is 19.5 Å². The molecule has 2 N–H and O–H groups in total. The fourth-order valence-electron chi connectivity index (χ4n) is 3.09. The van der Waals surface area contributed by atoms with Crippen LogP contribution in [0.1, 0.15) is 6.92 Å². The maximum absolute atomic E-state index is 12.6. The van der Waals surface area contributed by atoms with Crippen molar-refractivity contribution in [1.29, 1.82) is 0 Å². The summed E-state index contributed by atoms with van der Waals surface area (Å²) in [6.45, 7) is 6.76. The molecule has 0 saturated carbocycles. The molecule has 1 heterocycles. The summed E-state index contributed by atoms with van der Waals surface area (Å²) in [5.74, 6) is 0.850. The van der Waals surface area contributed by atoms with Gasteiger partial charge in [0.05, 0.1) is 24.7 Å². The van der Waals surface area contributed by atoms with Gasteiger partial charge < -0.3 is 19.5 Å². The van der Waals surface area contributed by atoms with Crippen molar-refractivity contribution in [3.05, 3.63) is 48.5 Å². The summed E-state index contributed by atoms with van der Waals surface area (Å²) in [7, 11) is -3.75. The highest BCUT2D eigenvalue weighted by atomic mass is 32.2. The number of carbonyl (C=O) groups is 1. The summed E-state index contributed by atoms with van der Waals surface area (Å²) in [6.07, 6.45) is 0. The molecule has 0 aromatic heterocycles. The smallest absolute Gasteiger partial charge is 0.261 e. The molecule has 0 spiro atoms. The molecule has 2 aromatic carbocycles. The third kappa shape index (κ3) is 7.40. The van der Waals surface area contributed by atoms with Crippen LogP contribution >= 0.6 is 0 Å². The number of morpholine rings is 1. The van der Waals surface area contributed by atoms with Gasteiger partial charge in [0.25, 0.3) is 15.9 Å². The van der Waals surface area contributed by atoms with E-state index in [0.717, 1.165) is 32.8 Å². The maximum Gasteiger partial charge on any atom is 0.261 e. The molecule has 0 bridgehead atoms. The largest absolute Gasteiger partial charge is 0.494 e.